The molecular formula is C26H27F2N5. The molecule has 2 bridgehead atoms. The third-order valence-electron chi connectivity index (χ3n) is 8.68. The van der Waals surface area contributed by atoms with Crippen LogP contribution in [-0.4, -0.2) is 33.3 Å². The number of halogens is 2. The summed E-state index contributed by atoms with van der Waals surface area (Å²) in [7, 11) is 0. The SMILES string of the molecule is CC1(C)[C@H]2CC[C@]1([C@H]1CCCN(c3cnccn3)C1)c1nnc(-c3c(F)cccc3F)cc12. The summed E-state index contributed by atoms with van der Waals surface area (Å²) in [5.41, 5.74) is 2.24. The molecule has 2 aliphatic carbocycles. The molecule has 170 valence electrons. The summed E-state index contributed by atoms with van der Waals surface area (Å²) >= 11 is 0. The highest BCUT2D eigenvalue weighted by atomic mass is 19.1. The molecule has 2 fully saturated rings. The fourth-order valence-corrected chi connectivity index (χ4v) is 7.18. The van der Waals surface area contributed by atoms with E-state index in [1.807, 2.05) is 12.3 Å². The van der Waals surface area contributed by atoms with Gasteiger partial charge in [-0.05, 0) is 66.7 Å². The maximum Gasteiger partial charge on any atom is 0.147 e. The molecule has 0 spiro atoms. The molecule has 0 radical (unpaired) electrons. The van der Waals surface area contributed by atoms with Gasteiger partial charge in [-0.2, -0.15) is 10.2 Å². The predicted molar refractivity (Wildman–Crippen MR) is 122 cm³/mol. The summed E-state index contributed by atoms with van der Waals surface area (Å²) in [4.78, 5) is 11.1. The van der Waals surface area contributed by atoms with Gasteiger partial charge in [0.2, 0.25) is 0 Å². The Morgan fingerprint density at radius 1 is 1.06 bits per heavy atom. The number of fused-ring (bicyclic) bond motifs is 5. The zero-order chi connectivity index (χ0) is 22.8. The van der Waals surface area contributed by atoms with Crippen molar-refractivity contribution in [3.05, 3.63) is 65.7 Å². The Kier molecular flexibility index (Phi) is 4.55. The van der Waals surface area contributed by atoms with Gasteiger partial charge in [0.05, 0.1) is 23.1 Å². The number of aromatic nitrogens is 4. The zero-order valence-corrected chi connectivity index (χ0v) is 18.9. The van der Waals surface area contributed by atoms with E-state index in [-0.39, 0.29) is 22.1 Å². The minimum absolute atomic E-state index is 0.00748. The highest BCUT2D eigenvalue weighted by Crippen LogP contribution is 2.70. The van der Waals surface area contributed by atoms with Crippen molar-refractivity contribution in [3.8, 4) is 11.3 Å². The summed E-state index contributed by atoms with van der Waals surface area (Å²) in [6, 6.07) is 5.82. The van der Waals surface area contributed by atoms with E-state index in [0.29, 0.717) is 11.8 Å². The first-order chi connectivity index (χ1) is 15.9. The summed E-state index contributed by atoms with van der Waals surface area (Å²) in [5.74, 6) is 0.422. The molecule has 0 N–H and O–H groups in total. The molecule has 0 unspecified atom stereocenters. The summed E-state index contributed by atoms with van der Waals surface area (Å²) in [6.45, 7) is 6.56. The highest BCUT2D eigenvalue weighted by Gasteiger charge is 2.66. The van der Waals surface area contributed by atoms with E-state index in [1.165, 1.54) is 18.2 Å². The number of hydrogen-bond donors (Lipinski definition) is 0. The fraction of sp³-hybridized carbons (Fsp3) is 0.462. The summed E-state index contributed by atoms with van der Waals surface area (Å²) < 4.78 is 28.9. The first kappa shape index (κ1) is 20.6. The first-order valence-electron chi connectivity index (χ1n) is 11.8. The Labute approximate surface area is 192 Å². The lowest BCUT2D eigenvalue weighted by Crippen LogP contribution is -2.50. The zero-order valence-electron chi connectivity index (χ0n) is 18.9. The predicted octanol–water partition coefficient (Wildman–Crippen LogP) is 5.28. The van der Waals surface area contributed by atoms with Crippen LogP contribution in [0.2, 0.25) is 0 Å². The Morgan fingerprint density at radius 2 is 1.88 bits per heavy atom. The molecule has 3 aliphatic rings. The Morgan fingerprint density at radius 3 is 2.64 bits per heavy atom. The van der Waals surface area contributed by atoms with Crippen molar-refractivity contribution in [1.29, 1.82) is 0 Å². The summed E-state index contributed by atoms with van der Waals surface area (Å²) in [5, 5.41) is 9.09. The molecule has 1 aliphatic heterocycles. The molecule has 1 aromatic carbocycles. The normalized spacial score (nSPS) is 27.6. The van der Waals surface area contributed by atoms with Crippen LogP contribution in [0.15, 0.2) is 42.9 Å². The van der Waals surface area contributed by atoms with Gasteiger partial charge in [0.1, 0.15) is 17.5 Å². The van der Waals surface area contributed by atoms with Gasteiger partial charge < -0.3 is 4.90 Å². The maximum absolute atomic E-state index is 14.5. The third kappa shape index (κ3) is 2.80. The molecule has 1 saturated heterocycles. The highest BCUT2D eigenvalue weighted by molar-refractivity contribution is 5.63. The van der Waals surface area contributed by atoms with E-state index in [9.17, 15) is 8.78 Å². The Balaban J connectivity index is 1.43. The largest absolute Gasteiger partial charge is 0.355 e. The Bertz CT molecular complexity index is 1190. The van der Waals surface area contributed by atoms with Crippen LogP contribution < -0.4 is 4.90 Å². The van der Waals surface area contributed by atoms with Gasteiger partial charge in [-0.25, -0.2) is 13.8 Å². The number of anilines is 1. The van der Waals surface area contributed by atoms with Gasteiger partial charge in [-0.3, -0.25) is 4.98 Å². The smallest absolute Gasteiger partial charge is 0.147 e. The third-order valence-corrected chi connectivity index (χ3v) is 8.68. The van der Waals surface area contributed by atoms with Crippen LogP contribution in [0.4, 0.5) is 14.6 Å². The van der Waals surface area contributed by atoms with Gasteiger partial charge in [0, 0.05) is 30.9 Å². The van der Waals surface area contributed by atoms with Crippen molar-refractivity contribution in [2.45, 2.75) is 50.9 Å². The van der Waals surface area contributed by atoms with E-state index in [2.05, 4.69) is 33.8 Å². The van der Waals surface area contributed by atoms with Gasteiger partial charge in [-0.1, -0.05) is 19.9 Å². The molecule has 2 aromatic heterocycles. The van der Waals surface area contributed by atoms with Crippen LogP contribution in [0.5, 0.6) is 0 Å². The van der Waals surface area contributed by atoms with Crippen LogP contribution >= 0.6 is 0 Å². The van der Waals surface area contributed by atoms with Gasteiger partial charge in [0.25, 0.3) is 0 Å². The quantitative estimate of drug-likeness (QED) is 0.547. The number of nitrogens with zero attached hydrogens (tertiary/aromatic N) is 5. The molecule has 3 aromatic rings. The van der Waals surface area contributed by atoms with E-state index in [0.717, 1.165) is 55.8 Å². The first-order valence-corrected chi connectivity index (χ1v) is 11.8. The van der Waals surface area contributed by atoms with E-state index in [4.69, 9.17) is 5.10 Å². The minimum Gasteiger partial charge on any atom is -0.355 e. The van der Waals surface area contributed by atoms with Crippen LogP contribution in [0, 0.1) is 23.0 Å². The van der Waals surface area contributed by atoms with Crippen molar-refractivity contribution in [3.63, 3.8) is 0 Å². The average Bonchev–Trinajstić information content (AvgIpc) is 3.21. The molecule has 3 atom stereocenters. The monoisotopic (exact) mass is 447 g/mol. The lowest BCUT2D eigenvalue weighted by atomic mass is 9.59. The second kappa shape index (κ2) is 7.27. The summed E-state index contributed by atoms with van der Waals surface area (Å²) in [6.07, 6.45) is 9.62. The molecule has 5 nitrogen and oxygen atoms in total. The van der Waals surface area contributed by atoms with Crippen molar-refractivity contribution in [2.75, 3.05) is 18.0 Å². The van der Waals surface area contributed by atoms with E-state index < -0.39 is 11.6 Å². The van der Waals surface area contributed by atoms with E-state index in [1.54, 1.807) is 12.4 Å². The molecule has 3 heterocycles. The molecule has 7 heteroatoms. The molecule has 1 saturated carbocycles. The van der Waals surface area contributed by atoms with Crippen LogP contribution in [-0.2, 0) is 5.41 Å². The minimum atomic E-state index is -0.603. The number of rotatable bonds is 3. The maximum atomic E-state index is 14.5. The van der Waals surface area contributed by atoms with Gasteiger partial charge in [0.15, 0.2) is 0 Å². The second-order valence-electron chi connectivity index (χ2n) is 10.3. The van der Waals surface area contributed by atoms with Crippen molar-refractivity contribution in [2.24, 2.45) is 11.3 Å². The average molecular weight is 448 g/mol. The molecule has 0 amide bonds. The lowest BCUT2D eigenvalue weighted by molar-refractivity contribution is 0.112. The number of piperidine rings is 1. The van der Waals surface area contributed by atoms with Crippen molar-refractivity contribution < 1.29 is 8.78 Å². The molecule has 33 heavy (non-hydrogen) atoms. The number of hydrogen-bond acceptors (Lipinski definition) is 5. The fourth-order valence-electron chi connectivity index (χ4n) is 7.18. The Hall–Kier alpha value is -2.96. The van der Waals surface area contributed by atoms with Gasteiger partial charge in [-0.15, -0.1) is 0 Å². The lowest BCUT2D eigenvalue weighted by Gasteiger charge is -2.48. The van der Waals surface area contributed by atoms with Crippen LogP contribution in [0.25, 0.3) is 11.3 Å². The number of benzene rings is 1. The van der Waals surface area contributed by atoms with Crippen molar-refractivity contribution >= 4 is 5.82 Å². The van der Waals surface area contributed by atoms with Crippen LogP contribution in [0.3, 0.4) is 0 Å². The molecule has 6 rings (SSSR count). The van der Waals surface area contributed by atoms with Gasteiger partial charge >= 0.3 is 0 Å². The van der Waals surface area contributed by atoms with Crippen molar-refractivity contribution in [1.82, 2.24) is 20.2 Å². The molecular weight excluding hydrogens is 420 g/mol. The standard InChI is InChI=1S/C26H27F2N5/c1-25(2)18-8-9-26(25,16-5-4-12-33(15-16)22-14-29-10-11-30-22)24-17(18)13-21(31-32-24)23-19(27)6-3-7-20(23)28/h3,6-7,10-11,13-14,16,18H,4-5,8-9,12,15H2,1-2H3/t16-,18-,26-/m0/s1. The topological polar surface area (TPSA) is 54.8 Å². The van der Waals surface area contributed by atoms with Crippen LogP contribution in [0.1, 0.15) is 56.7 Å². The second-order valence-corrected chi connectivity index (χ2v) is 10.3. The van der Waals surface area contributed by atoms with E-state index >= 15 is 0 Å².